The average molecular weight is 625 g/mol. The number of carbonyl (C=O) groups is 4. The first-order valence-corrected chi connectivity index (χ1v) is 17.6. The molecular weight excluding hydrogens is 560 g/mol. The molecule has 0 bridgehead atoms. The Labute approximate surface area is 267 Å². The van der Waals surface area contributed by atoms with E-state index in [4.69, 9.17) is 14.9 Å². The quantitative estimate of drug-likeness (QED) is 0.0365. The SMILES string of the molecule is CCCCCCCC/C=C\CCCCCCCC(=O)OC(CCCCC)CCCCCC(=O)NCC(=O)NC(CO)C(=O)O. The third kappa shape index (κ3) is 27.2. The summed E-state index contributed by atoms with van der Waals surface area (Å²) in [5.41, 5.74) is 0. The number of aliphatic carboxylic acids is 1. The zero-order valence-electron chi connectivity index (χ0n) is 27.9. The van der Waals surface area contributed by atoms with Gasteiger partial charge in [0.2, 0.25) is 11.8 Å². The molecule has 0 aromatic rings. The summed E-state index contributed by atoms with van der Waals surface area (Å²) in [6.07, 6.45) is 28.5. The average Bonchev–Trinajstić information content (AvgIpc) is 3.00. The fourth-order valence-corrected chi connectivity index (χ4v) is 5.00. The number of allylic oxidation sites excluding steroid dienone is 2. The van der Waals surface area contributed by atoms with Crippen LogP contribution in [0.15, 0.2) is 12.2 Å². The third-order valence-electron chi connectivity index (χ3n) is 7.76. The Morgan fingerprint density at radius 1 is 0.659 bits per heavy atom. The number of rotatable bonds is 31. The molecule has 0 aromatic carbocycles. The van der Waals surface area contributed by atoms with Crippen LogP contribution in [-0.2, 0) is 23.9 Å². The predicted molar refractivity (Wildman–Crippen MR) is 176 cm³/mol. The van der Waals surface area contributed by atoms with E-state index in [0.717, 1.165) is 70.6 Å². The summed E-state index contributed by atoms with van der Waals surface area (Å²) in [6, 6.07) is -1.39. The van der Waals surface area contributed by atoms with Gasteiger partial charge >= 0.3 is 11.9 Å². The maximum absolute atomic E-state index is 12.5. The highest BCUT2D eigenvalue weighted by Gasteiger charge is 2.19. The summed E-state index contributed by atoms with van der Waals surface area (Å²) in [5.74, 6) is -2.40. The number of unbranched alkanes of at least 4 members (excludes halogenated alkanes) is 15. The van der Waals surface area contributed by atoms with Gasteiger partial charge in [-0.15, -0.1) is 0 Å². The number of amides is 2. The van der Waals surface area contributed by atoms with Gasteiger partial charge in [0.1, 0.15) is 12.1 Å². The van der Waals surface area contributed by atoms with Crippen molar-refractivity contribution < 1.29 is 34.1 Å². The number of esters is 1. The lowest BCUT2D eigenvalue weighted by atomic mass is 10.0. The highest BCUT2D eigenvalue weighted by atomic mass is 16.5. The Balaban J connectivity index is 4.00. The normalized spacial score (nSPS) is 12.6. The summed E-state index contributed by atoms with van der Waals surface area (Å²) in [4.78, 5) is 47.1. The molecule has 0 aromatic heterocycles. The van der Waals surface area contributed by atoms with Crippen LogP contribution in [0.25, 0.3) is 0 Å². The predicted octanol–water partition coefficient (Wildman–Crippen LogP) is 7.14. The maximum atomic E-state index is 12.5. The number of ether oxygens (including phenoxy) is 1. The van der Waals surface area contributed by atoms with Crippen LogP contribution in [0.4, 0.5) is 0 Å². The Morgan fingerprint density at radius 2 is 1.16 bits per heavy atom. The molecule has 0 aliphatic rings. The van der Waals surface area contributed by atoms with Crippen molar-refractivity contribution in [3.05, 3.63) is 12.2 Å². The standard InChI is InChI=1S/C35H64N2O7/c1-3-5-7-8-9-10-11-12-13-14-15-16-17-18-23-27-34(41)44-30(24-20-6-4-2)25-21-19-22-26-32(39)36-28-33(40)37-31(29-38)35(42)43/h12-13,30-31,38H,3-11,14-29H2,1-2H3,(H,36,39)(H,37,40)(H,42,43)/b13-12-. The number of nitrogens with one attached hydrogen (secondary N) is 2. The molecular formula is C35H64N2O7. The summed E-state index contributed by atoms with van der Waals surface area (Å²) < 4.78 is 5.84. The van der Waals surface area contributed by atoms with Crippen molar-refractivity contribution in [2.75, 3.05) is 13.2 Å². The highest BCUT2D eigenvalue weighted by molar-refractivity contribution is 5.87. The van der Waals surface area contributed by atoms with Crippen LogP contribution in [0, 0.1) is 0 Å². The van der Waals surface area contributed by atoms with E-state index in [-0.39, 0.29) is 30.9 Å². The van der Waals surface area contributed by atoms with Crippen molar-refractivity contribution in [2.45, 2.75) is 174 Å². The minimum Gasteiger partial charge on any atom is -0.480 e. The van der Waals surface area contributed by atoms with Crippen LogP contribution in [0.3, 0.4) is 0 Å². The molecule has 0 spiro atoms. The van der Waals surface area contributed by atoms with E-state index in [9.17, 15) is 19.2 Å². The first-order valence-electron chi connectivity index (χ1n) is 17.6. The summed E-state index contributed by atoms with van der Waals surface area (Å²) >= 11 is 0. The third-order valence-corrected chi connectivity index (χ3v) is 7.76. The molecule has 0 heterocycles. The van der Waals surface area contributed by atoms with Crippen molar-refractivity contribution in [2.24, 2.45) is 0 Å². The summed E-state index contributed by atoms with van der Waals surface area (Å²) in [6.45, 7) is 3.35. The number of hydrogen-bond acceptors (Lipinski definition) is 6. The minimum absolute atomic E-state index is 0.0802. The maximum Gasteiger partial charge on any atom is 0.328 e. The van der Waals surface area contributed by atoms with Crippen molar-refractivity contribution >= 4 is 23.8 Å². The van der Waals surface area contributed by atoms with Gasteiger partial charge in [-0.2, -0.15) is 0 Å². The number of carboxylic acids is 1. The molecule has 0 rings (SSSR count). The zero-order valence-corrected chi connectivity index (χ0v) is 27.9. The molecule has 2 unspecified atom stereocenters. The summed E-state index contributed by atoms with van der Waals surface area (Å²) in [5, 5.41) is 22.4. The van der Waals surface area contributed by atoms with E-state index < -0.39 is 24.5 Å². The lowest BCUT2D eigenvalue weighted by molar-refractivity contribution is -0.150. The molecule has 44 heavy (non-hydrogen) atoms. The van der Waals surface area contributed by atoms with Crippen LogP contribution < -0.4 is 10.6 Å². The molecule has 2 amide bonds. The monoisotopic (exact) mass is 624 g/mol. The molecule has 2 atom stereocenters. The van der Waals surface area contributed by atoms with Crippen molar-refractivity contribution in [1.29, 1.82) is 0 Å². The van der Waals surface area contributed by atoms with Gasteiger partial charge in [0.05, 0.1) is 13.2 Å². The zero-order chi connectivity index (χ0) is 32.7. The first-order chi connectivity index (χ1) is 21.3. The minimum atomic E-state index is -1.39. The first kappa shape index (κ1) is 41.6. The largest absolute Gasteiger partial charge is 0.480 e. The van der Waals surface area contributed by atoms with Gasteiger partial charge in [0, 0.05) is 12.8 Å². The van der Waals surface area contributed by atoms with Gasteiger partial charge in [0.15, 0.2) is 0 Å². The van der Waals surface area contributed by atoms with E-state index in [1.54, 1.807) is 0 Å². The second kappa shape index (κ2) is 30.6. The Bertz CT molecular complexity index is 772. The van der Waals surface area contributed by atoms with Gasteiger partial charge in [-0.3, -0.25) is 14.4 Å². The van der Waals surface area contributed by atoms with Crippen LogP contribution >= 0.6 is 0 Å². The molecule has 0 fully saturated rings. The molecule has 0 aliphatic heterocycles. The lowest BCUT2D eigenvalue weighted by Gasteiger charge is -2.18. The second-order valence-corrected chi connectivity index (χ2v) is 12.0. The fourth-order valence-electron chi connectivity index (χ4n) is 5.00. The molecule has 0 radical (unpaired) electrons. The van der Waals surface area contributed by atoms with Gasteiger partial charge < -0.3 is 25.6 Å². The van der Waals surface area contributed by atoms with Crippen molar-refractivity contribution in [3.63, 3.8) is 0 Å². The van der Waals surface area contributed by atoms with E-state index in [1.165, 1.54) is 57.8 Å². The van der Waals surface area contributed by atoms with Gasteiger partial charge in [-0.25, -0.2) is 4.79 Å². The second-order valence-electron chi connectivity index (χ2n) is 12.0. The van der Waals surface area contributed by atoms with Gasteiger partial charge in [0.25, 0.3) is 0 Å². The van der Waals surface area contributed by atoms with Gasteiger partial charge in [-0.1, -0.05) is 96.6 Å². The van der Waals surface area contributed by atoms with Crippen molar-refractivity contribution in [3.8, 4) is 0 Å². The van der Waals surface area contributed by atoms with Crippen molar-refractivity contribution in [1.82, 2.24) is 10.6 Å². The number of carboxylic acid groups (broad SMARTS) is 1. The molecule has 4 N–H and O–H groups in total. The van der Waals surface area contributed by atoms with Crippen LogP contribution in [-0.4, -0.2) is 59.3 Å². The van der Waals surface area contributed by atoms with Crippen LogP contribution in [0.5, 0.6) is 0 Å². The van der Waals surface area contributed by atoms with E-state index in [1.807, 2.05) is 0 Å². The molecule has 9 nitrogen and oxygen atoms in total. The fraction of sp³-hybridized carbons (Fsp3) is 0.829. The molecule has 0 saturated heterocycles. The Hall–Kier alpha value is -2.42. The molecule has 0 aliphatic carbocycles. The molecule has 0 saturated carbocycles. The Kier molecular flexibility index (Phi) is 28.9. The number of carbonyl (C=O) groups excluding carboxylic acids is 3. The molecule has 256 valence electrons. The smallest absolute Gasteiger partial charge is 0.328 e. The Morgan fingerprint density at radius 3 is 1.75 bits per heavy atom. The van der Waals surface area contributed by atoms with E-state index >= 15 is 0 Å². The van der Waals surface area contributed by atoms with Crippen LogP contribution in [0.1, 0.15) is 162 Å². The summed E-state index contributed by atoms with van der Waals surface area (Å²) in [7, 11) is 0. The van der Waals surface area contributed by atoms with E-state index in [0.29, 0.717) is 12.8 Å². The molecule has 9 heteroatoms. The number of aliphatic hydroxyl groups excluding tert-OH is 1. The number of aliphatic hydroxyl groups is 1. The topological polar surface area (TPSA) is 142 Å². The number of hydrogen-bond donors (Lipinski definition) is 4. The van der Waals surface area contributed by atoms with E-state index in [2.05, 4.69) is 36.6 Å². The van der Waals surface area contributed by atoms with Crippen LogP contribution in [0.2, 0.25) is 0 Å². The lowest BCUT2D eigenvalue weighted by Crippen LogP contribution is -2.47. The van der Waals surface area contributed by atoms with Gasteiger partial charge in [-0.05, 0) is 64.2 Å². The highest BCUT2D eigenvalue weighted by Crippen LogP contribution is 2.17.